The normalized spacial score (nSPS) is 19.3. The van der Waals surface area contributed by atoms with E-state index in [2.05, 4.69) is 70.6 Å². The molecule has 0 radical (unpaired) electrons. The maximum atomic E-state index is 16.3. The lowest BCUT2D eigenvalue weighted by Gasteiger charge is -2.39. The molecule has 4 aromatic heterocycles. The quantitative estimate of drug-likeness (QED) is 0.0158. The van der Waals surface area contributed by atoms with Crippen molar-refractivity contribution in [1.82, 2.24) is 40.2 Å². The van der Waals surface area contributed by atoms with Crippen molar-refractivity contribution in [2.75, 3.05) is 40.6 Å². The van der Waals surface area contributed by atoms with E-state index in [1.54, 1.807) is 71.2 Å². The average molecular weight is 2160 g/mol. The number of methoxy groups -OCH3 is 2. The van der Waals surface area contributed by atoms with Gasteiger partial charge < -0.3 is 29.6 Å². The Hall–Kier alpha value is -11.2. The van der Waals surface area contributed by atoms with Gasteiger partial charge in [-0.2, -0.15) is 0 Å². The summed E-state index contributed by atoms with van der Waals surface area (Å²) in [6.45, 7) is 25.5. The predicted molar refractivity (Wildman–Crippen MR) is 578 cm³/mol. The van der Waals surface area contributed by atoms with Crippen molar-refractivity contribution < 1.29 is 65.3 Å². The summed E-state index contributed by atoms with van der Waals surface area (Å²) in [6.07, 6.45) is 16.4. The molecule has 2 saturated heterocycles. The van der Waals surface area contributed by atoms with Gasteiger partial charge in [0.2, 0.25) is 0 Å². The zero-order chi connectivity index (χ0) is 106. The van der Waals surface area contributed by atoms with Crippen molar-refractivity contribution in [3.05, 3.63) is 322 Å². The van der Waals surface area contributed by atoms with Crippen molar-refractivity contribution in [3.8, 4) is 46.2 Å². The molecule has 2 fully saturated rings. The summed E-state index contributed by atoms with van der Waals surface area (Å²) in [5.74, 6) is 3.08. The fourth-order valence-electron chi connectivity index (χ4n) is 20.9. The second-order valence-corrected chi connectivity index (χ2v) is 45.5. The van der Waals surface area contributed by atoms with Gasteiger partial charge >= 0.3 is 0 Å². The van der Waals surface area contributed by atoms with Crippen LogP contribution in [0.2, 0.25) is 30.1 Å². The fourth-order valence-corrected chi connectivity index (χ4v) is 24.2. The molecule has 0 unspecified atom stereocenters. The van der Waals surface area contributed by atoms with Gasteiger partial charge in [0, 0.05) is 187 Å². The zero-order valence-electron chi connectivity index (χ0n) is 84.8. The predicted octanol–water partition coefficient (Wildman–Crippen LogP) is 26.1. The molecule has 0 aliphatic carbocycles. The Morgan fingerprint density at radius 3 is 1.16 bits per heavy atom. The molecule has 0 bridgehead atoms. The highest BCUT2D eigenvalue weighted by molar-refractivity contribution is 7.15. The van der Waals surface area contributed by atoms with E-state index in [9.17, 15) is 28.8 Å². The molecule has 32 heteroatoms. The van der Waals surface area contributed by atoms with Gasteiger partial charge in [-0.25, -0.2) is 17.6 Å². The number of aryl methyl sites for hydroxylation is 4. The van der Waals surface area contributed by atoms with Crippen LogP contribution in [0.15, 0.2) is 168 Å². The molecule has 0 amide bonds. The lowest BCUT2D eigenvalue weighted by molar-refractivity contribution is -0.121. The zero-order valence-corrected chi connectivity index (χ0v) is 90.9. The van der Waals surface area contributed by atoms with Gasteiger partial charge in [0.1, 0.15) is 80.1 Å². The second-order valence-electron chi connectivity index (χ2n) is 40.6. The molecular formula is C116H116Cl6F4N10O10S2. The average Bonchev–Trinajstić information content (AvgIpc) is 1.55. The topological polar surface area (TPSA) is 250 Å². The number of carbonyl (C=O) groups is 6. The molecule has 4 aliphatic rings. The van der Waals surface area contributed by atoms with E-state index in [1.165, 1.54) is 74.9 Å². The Bertz CT molecular complexity index is 6810. The van der Waals surface area contributed by atoms with Crippen LogP contribution in [0, 0.1) is 100 Å². The number of thiophene rings is 2. The molecule has 8 heterocycles. The van der Waals surface area contributed by atoms with E-state index < -0.39 is 82.2 Å². The summed E-state index contributed by atoms with van der Waals surface area (Å²) < 4.78 is 92.2. The van der Waals surface area contributed by atoms with E-state index in [0.29, 0.717) is 120 Å². The summed E-state index contributed by atoms with van der Waals surface area (Å²) in [5.41, 5.74) is 5.92. The van der Waals surface area contributed by atoms with Crippen molar-refractivity contribution in [2.45, 2.75) is 232 Å². The number of hydrogen-bond acceptors (Lipinski definition) is 20. The first-order valence-corrected chi connectivity index (χ1v) is 53.1. The molecule has 16 rings (SSSR count). The Morgan fingerprint density at radius 2 is 0.818 bits per heavy atom. The van der Waals surface area contributed by atoms with Crippen LogP contribution in [-0.4, -0.2) is 140 Å². The minimum absolute atomic E-state index is 0.0190. The number of nitrogens with zero attached hydrogens (tertiary/aromatic N) is 8. The van der Waals surface area contributed by atoms with E-state index in [0.717, 1.165) is 76.2 Å². The van der Waals surface area contributed by atoms with Crippen LogP contribution >= 0.6 is 92.3 Å². The van der Waals surface area contributed by atoms with Gasteiger partial charge in [-0.05, 0) is 186 Å². The maximum absolute atomic E-state index is 16.3. The monoisotopic (exact) mass is 2160 g/mol. The molecule has 8 aromatic carbocycles. The minimum atomic E-state index is -1.55. The summed E-state index contributed by atoms with van der Waals surface area (Å²) in [4.78, 5) is 96.3. The number of fused-ring (bicyclic) bond motifs is 6. The van der Waals surface area contributed by atoms with Crippen molar-refractivity contribution in [2.24, 2.45) is 20.8 Å². The number of Topliss-reactive ketones (excluding diaryl/α,β-unsaturated/α-hetero) is 6. The first kappa shape index (κ1) is 111. The Labute approximate surface area is 898 Å². The third-order valence-electron chi connectivity index (χ3n) is 28.1. The first-order chi connectivity index (χ1) is 70.5. The van der Waals surface area contributed by atoms with Crippen molar-refractivity contribution >= 4 is 138 Å². The van der Waals surface area contributed by atoms with Crippen LogP contribution in [0.3, 0.4) is 0 Å². The molecule has 772 valence electrons. The Kier molecular flexibility index (Phi) is 35.3. The highest BCUT2D eigenvalue weighted by Crippen LogP contribution is 2.57. The number of nitrogens with one attached hydrogen (secondary N) is 2. The smallest absolute Gasteiger partial charge is 0.163 e. The standard InChI is InChI=1S/2C58H58Cl3F2N5O5S/c2*1-9-58(42-24-23-39(60)29-44(42)62)49(31-57(5,6)7)65-54(51(58)41-14-10-15-43(61)52(41)63)47(71)27-37-18-17-36(28-48(37)72-8)46(70)16-12-26-73-25-11-13-40(69)30-45-55-67-66-34(4)68(55)56-50(32(2)33(3)74-56)53(64-45)35-19-21-38(59)22-20-35/h2*1,10,14-15,17-24,28-29,45,49,51,54,65H,11-13,16,25-27,30-31H2,2-8H3/t2*45-,49+,51+,54+,58+/m00/s1. The highest BCUT2D eigenvalue weighted by Gasteiger charge is 2.62. The number of carbonyl (C=O) groups excluding carboxylic acids is 6. The van der Waals surface area contributed by atoms with Gasteiger partial charge in [-0.1, -0.05) is 208 Å². The molecular weight excluding hydrogens is 2050 g/mol. The summed E-state index contributed by atoms with van der Waals surface area (Å²) in [5, 5.41) is 27.9. The summed E-state index contributed by atoms with van der Waals surface area (Å²) >= 11 is 41.0. The first-order valence-electron chi connectivity index (χ1n) is 49.2. The van der Waals surface area contributed by atoms with Crippen LogP contribution in [0.1, 0.15) is 263 Å². The molecule has 12 aromatic rings. The number of aliphatic imine (C=N–C) groups is 2. The van der Waals surface area contributed by atoms with Crippen molar-refractivity contribution in [1.29, 1.82) is 0 Å². The van der Waals surface area contributed by atoms with Crippen LogP contribution in [0.5, 0.6) is 11.5 Å². The Morgan fingerprint density at radius 1 is 0.459 bits per heavy atom. The van der Waals surface area contributed by atoms with Gasteiger partial charge in [0.15, 0.2) is 34.8 Å². The molecule has 2 N–H and O–H groups in total. The molecule has 4 aliphatic heterocycles. The van der Waals surface area contributed by atoms with Gasteiger partial charge in [0.25, 0.3) is 0 Å². The number of terminal acetylenes is 2. The molecule has 0 spiro atoms. The van der Waals surface area contributed by atoms with Gasteiger partial charge in [0.05, 0.1) is 58.6 Å². The highest BCUT2D eigenvalue weighted by atomic mass is 35.5. The van der Waals surface area contributed by atoms with Crippen LogP contribution in [-0.2, 0) is 52.3 Å². The van der Waals surface area contributed by atoms with E-state index in [1.807, 2.05) is 113 Å². The Balaban J connectivity index is 0.000000222. The summed E-state index contributed by atoms with van der Waals surface area (Å²) in [7, 11) is 2.91. The number of hydrogen-bond donors (Lipinski definition) is 2. The van der Waals surface area contributed by atoms with E-state index in [-0.39, 0.29) is 139 Å². The number of halogens is 10. The molecule has 20 nitrogen and oxygen atoms in total. The lowest BCUT2D eigenvalue weighted by atomic mass is 9.62. The summed E-state index contributed by atoms with van der Waals surface area (Å²) in [6, 6.07) is 37.8. The van der Waals surface area contributed by atoms with Crippen LogP contribution in [0.25, 0.3) is 10.0 Å². The van der Waals surface area contributed by atoms with Crippen LogP contribution in [0.4, 0.5) is 17.6 Å². The van der Waals surface area contributed by atoms with E-state index in [4.69, 9.17) is 111 Å². The largest absolute Gasteiger partial charge is 0.496 e. The van der Waals surface area contributed by atoms with Crippen molar-refractivity contribution in [3.63, 3.8) is 0 Å². The SMILES string of the molecule is C#C[C@]1(c2ccc(Cl)cc2F)[C@H](c2cccc(Cl)c2F)[C@@H](C(=O)Cc2ccc(C(=O)CCCOCCCC(=O)C[C@@H]3N=C(c4ccc(Cl)cc4)c4c(sc(C)c4C)-n4c(C)nnc43)cc2OC)N[C@@H]1CC(C)(C)C.C#C[C@]1(c2ccc(Cl)cc2F)[C@H](c2cccc(Cl)c2F)[C@@H](C(=O)Cc2ccc(C(=O)CCCOCCCC(=O)C[C@@H]3N=C(c4ccc(Cl)cc4)c4c(sc(C)c4C)-n4c(C)nnc43)cc2OC)N[C@@H]1CC(C)(C)C. The number of ether oxygens (including phenoxy) is 4. The molecule has 0 saturated carbocycles. The number of benzene rings is 8. The minimum Gasteiger partial charge on any atom is -0.496 e. The third kappa shape index (κ3) is 23.8. The fraction of sp³-hybridized carbons (Fsp3) is 0.379. The second kappa shape index (κ2) is 47.2. The van der Waals surface area contributed by atoms with Gasteiger partial charge in [-0.15, -0.1) is 55.9 Å². The number of rotatable bonds is 38. The molecule has 10 atom stereocenters. The van der Waals surface area contributed by atoms with E-state index >= 15 is 17.6 Å². The number of ketones is 6. The molecule has 148 heavy (non-hydrogen) atoms. The van der Waals surface area contributed by atoms with Crippen LogP contribution < -0.4 is 20.1 Å². The maximum Gasteiger partial charge on any atom is 0.163 e. The third-order valence-corrected chi connectivity index (χ3v) is 32.0. The number of aromatic nitrogens is 6. The lowest BCUT2D eigenvalue weighted by Crippen LogP contribution is -2.44. The van der Waals surface area contributed by atoms with Gasteiger partial charge in [-0.3, -0.25) is 47.9 Å².